The van der Waals surface area contributed by atoms with Gasteiger partial charge in [-0.3, -0.25) is 0 Å². The molecular formula is C18H23NO2S. The molecule has 0 radical (unpaired) electrons. The Kier molecular flexibility index (Phi) is 5.48. The predicted molar refractivity (Wildman–Crippen MR) is 92.3 cm³/mol. The molecule has 0 amide bonds. The number of likely N-dealkylation sites (tertiary alicyclic amines) is 1. The van der Waals surface area contributed by atoms with E-state index in [2.05, 4.69) is 46.8 Å². The molecule has 1 aromatic carbocycles. The summed E-state index contributed by atoms with van der Waals surface area (Å²) >= 11 is 1.78. The highest BCUT2D eigenvalue weighted by atomic mass is 32.1. The van der Waals surface area contributed by atoms with Crippen LogP contribution in [0.5, 0.6) is 0 Å². The third kappa shape index (κ3) is 4.32. The van der Waals surface area contributed by atoms with Crippen LogP contribution in [0.4, 0.5) is 0 Å². The molecular weight excluding hydrogens is 294 g/mol. The molecule has 1 N–H and O–H groups in total. The number of nitrogens with zero attached hydrogens (tertiary/aromatic N) is 1. The van der Waals surface area contributed by atoms with Crippen LogP contribution in [-0.2, 0) is 11.2 Å². The number of thiophene rings is 1. The number of aliphatic hydroxyl groups excluding tert-OH is 1. The molecule has 2 heterocycles. The van der Waals surface area contributed by atoms with Crippen molar-refractivity contribution >= 4 is 21.4 Å². The van der Waals surface area contributed by atoms with Gasteiger partial charge in [0, 0.05) is 17.8 Å². The Balaban J connectivity index is 1.35. The number of ether oxygens (including phenoxy) is 1. The monoisotopic (exact) mass is 317 g/mol. The van der Waals surface area contributed by atoms with Crippen molar-refractivity contribution in [2.24, 2.45) is 0 Å². The van der Waals surface area contributed by atoms with E-state index >= 15 is 0 Å². The maximum absolute atomic E-state index is 9.45. The minimum atomic E-state index is -0.110. The van der Waals surface area contributed by atoms with Crippen LogP contribution < -0.4 is 0 Å². The number of hydrogen-bond acceptors (Lipinski definition) is 4. The first-order valence-corrected chi connectivity index (χ1v) is 8.82. The Bertz CT molecular complexity index is 614. The second-order valence-electron chi connectivity index (χ2n) is 5.77. The van der Waals surface area contributed by atoms with Gasteiger partial charge in [-0.25, -0.2) is 0 Å². The molecule has 0 bridgehead atoms. The molecule has 4 heteroatoms. The van der Waals surface area contributed by atoms with Crippen molar-refractivity contribution in [1.82, 2.24) is 4.90 Å². The van der Waals surface area contributed by atoms with Crippen LogP contribution in [0.2, 0.25) is 0 Å². The number of aliphatic hydroxyl groups is 1. The van der Waals surface area contributed by atoms with Crippen LogP contribution in [0.15, 0.2) is 41.9 Å². The summed E-state index contributed by atoms with van der Waals surface area (Å²) < 4.78 is 7.03. The summed E-state index contributed by atoms with van der Waals surface area (Å²) in [5.41, 5.74) is 1.33. The Labute approximate surface area is 135 Å². The fourth-order valence-electron chi connectivity index (χ4n) is 2.74. The van der Waals surface area contributed by atoms with Gasteiger partial charge in [0.15, 0.2) is 0 Å². The molecule has 0 aliphatic carbocycles. The van der Waals surface area contributed by atoms with E-state index in [1.165, 1.54) is 15.6 Å². The van der Waals surface area contributed by atoms with Gasteiger partial charge in [-0.2, -0.15) is 0 Å². The van der Waals surface area contributed by atoms with Crippen LogP contribution in [0, 0.1) is 0 Å². The Morgan fingerprint density at radius 3 is 3.00 bits per heavy atom. The molecule has 22 heavy (non-hydrogen) atoms. The molecule has 1 aliphatic heterocycles. The van der Waals surface area contributed by atoms with E-state index in [1.807, 2.05) is 0 Å². The van der Waals surface area contributed by atoms with Crippen molar-refractivity contribution < 1.29 is 9.84 Å². The van der Waals surface area contributed by atoms with Gasteiger partial charge < -0.3 is 14.7 Å². The normalized spacial score (nSPS) is 16.9. The first-order valence-electron chi connectivity index (χ1n) is 7.94. The molecule has 2 aromatic rings. The Morgan fingerprint density at radius 2 is 2.14 bits per heavy atom. The average Bonchev–Trinajstić information content (AvgIpc) is 3.00. The lowest BCUT2D eigenvalue weighted by atomic mass is 10.1. The van der Waals surface area contributed by atoms with E-state index in [0.717, 1.165) is 39.0 Å². The van der Waals surface area contributed by atoms with Crippen LogP contribution in [0.1, 0.15) is 18.4 Å². The standard InChI is InChI=1S/C18H23NO2S/c20-17-4-9-19(10-5-17)8-1-11-21-12-6-15-2-3-18-16(14-15)7-13-22-18/h1-3,7-8,13-14,17,20H,4-6,9-12H2/b8-1+. The molecule has 1 aliphatic rings. The quantitative estimate of drug-likeness (QED) is 0.829. The number of piperidine rings is 1. The highest BCUT2D eigenvalue weighted by molar-refractivity contribution is 7.17. The molecule has 1 saturated heterocycles. The minimum absolute atomic E-state index is 0.110. The fraction of sp³-hybridized carbons (Fsp3) is 0.444. The molecule has 0 unspecified atom stereocenters. The molecule has 0 atom stereocenters. The SMILES string of the molecule is OC1CCN(/C=C/COCCc2ccc3sccc3c2)CC1. The molecule has 0 saturated carbocycles. The van der Waals surface area contributed by atoms with Crippen molar-refractivity contribution in [2.45, 2.75) is 25.4 Å². The minimum Gasteiger partial charge on any atom is -0.393 e. The topological polar surface area (TPSA) is 32.7 Å². The molecule has 3 nitrogen and oxygen atoms in total. The molecule has 1 aromatic heterocycles. The molecule has 1 fully saturated rings. The zero-order valence-electron chi connectivity index (χ0n) is 12.8. The summed E-state index contributed by atoms with van der Waals surface area (Å²) in [5, 5.41) is 12.9. The Hall–Kier alpha value is -1.36. The lowest BCUT2D eigenvalue weighted by molar-refractivity contribution is 0.101. The van der Waals surface area contributed by atoms with E-state index in [4.69, 9.17) is 4.74 Å². The first kappa shape index (κ1) is 15.5. The van der Waals surface area contributed by atoms with Crippen molar-refractivity contribution in [3.63, 3.8) is 0 Å². The van der Waals surface area contributed by atoms with Crippen LogP contribution in [0.25, 0.3) is 10.1 Å². The average molecular weight is 317 g/mol. The lowest BCUT2D eigenvalue weighted by Gasteiger charge is -2.28. The highest BCUT2D eigenvalue weighted by Crippen LogP contribution is 2.21. The van der Waals surface area contributed by atoms with Gasteiger partial charge in [0.1, 0.15) is 0 Å². The summed E-state index contributed by atoms with van der Waals surface area (Å²) in [6.07, 6.45) is 6.76. The maximum atomic E-state index is 9.45. The van der Waals surface area contributed by atoms with Gasteiger partial charge in [0.2, 0.25) is 0 Å². The third-order valence-electron chi connectivity index (χ3n) is 4.08. The largest absolute Gasteiger partial charge is 0.393 e. The zero-order valence-corrected chi connectivity index (χ0v) is 13.6. The molecule has 118 valence electrons. The third-order valence-corrected chi connectivity index (χ3v) is 4.98. The van der Waals surface area contributed by atoms with Crippen LogP contribution in [-0.4, -0.2) is 42.4 Å². The van der Waals surface area contributed by atoms with E-state index < -0.39 is 0 Å². The van der Waals surface area contributed by atoms with E-state index in [-0.39, 0.29) is 6.10 Å². The smallest absolute Gasteiger partial charge is 0.0664 e. The van der Waals surface area contributed by atoms with Crippen molar-refractivity contribution in [1.29, 1.82) is 0 Å². The summed E-state index contributed by atoms with van der Waals surface area (Å²) in [6.45, 7) is 3.29. The van der Waals surface area contributed by atoms with Gasteiger partial charge in [0.05, 0.1) is 19.3 Å². The van der Waals surface area contributed by atoms with E-state index in [1.54, 1.807) is 11.3 Å². The fourth-order valence-corrected chi connectivity index (χ4v) is 3.51. The summed E-state index contributed by atoms with van der Waals surface area (Å²) in [7, 11) is 0. The summed E-state index contributed by atoms with van der Waals surface area (Å²) in [4.78, 5) is 2.25. The van der Waals surface area contributed by atoms with Gasteiger partial charge >= 0.3 is 0 Å². The van der Waals surface area contributed by atoms with Crippen molar-refractivity contribution in [3.8, 4) is 0 Å². The number of rotatable bonds is 6. The first-order chi connectivity index (χ1) is 10.8. The second-order valence-corrected chi connectivity index (χ2v) is 6.72. The summed E-state index contributed by atoms with van der Waals surface area (Å²) in [6, 6.07) is 8.81. The van der Waals surface area contributed by atoms with Gasteiger partial charge in [0.25, 0.3) is 0 Å². The second kappa shape index (κ2) is 7.77. The maximum Gasteiger partial charge on any atom is 0.0664 e. The highest BCUT2D eigenvalue weighted by Gasteiger charge is 2.13. The zero-order chi connectivity index (χ0) is 15.2. The van der Waals surface area contributed by atoms with E-state index in [0.29, 0.717) is 6.61 Å². The van der Waals surface area contributed by atoms with Gasteiger partial charge in [-0.05, 0) is 60.0 Å². The number of benzene rings is 1. The van der Waals surface area contributed by atoms with Gasteiger partial charge in [-0.1, -0.05) is 12.1 Å². The number of hydrogen-bond donors (Lipinski definition) is 1. The van der Waals surface area contributed by atoms with E-state index in [9.17, 15) is 5.11 Å². The van der Waals surface area contributed by atoms with Crippen molar-refractivity contribution in [2.75, 3.05) is 26.3 Å². The Morgan fingerprint density at radius 1 is 1.27 bits per heavy atom. The lowest BCUT2D eigenvalue weighted by Crippen LogP contribution is -2.32. The molecule has 0 spiro atoms. The molecule has 3 rings (SSSR count). The van der Waals surface area contributed by atoms with Crippen LogP contribution in [0.3, 0.4) is 0 Å². The summed E-state index contributed by atoms with van der Waals surface area (Å²) in [5.74, 6) is 0. The van der Waals surface area contributed by atoms with Crippen LogP contribution >= 0.6 is 11.3 Å². The van der Waals surface area contributed by atoms with Gasteiger partial charge in [-0.15, -0.1) is 11.3 Å². The number of fused-ring (bicyclic) bond motifs is 1. The van der Waals surface area contributed by atoms with Crippen molar-refractivity contribution in [3.05, 3.63) is 47.5 Å². The predicted octanol–water partition coefficient (Wildman–Crippen LogP) is 3.43.